The van der Waals surface area contributed by atoms with Gasteiger partial charge in [-0.3, -0.25) is 0 Å². The molecule has 2 N–H and O–H groups in total. The van der Waals surface area contributed by atoms with Crippen LogP contribution < -0.4 is 5.73 Å². The molecular formula is C20H16ClFeN3. The van der Waals surface area contributed by atoms with Crippen molar-refractivity contribution in [3.63, 3.8) is 0 Å². The van der Waals surface area contributed by atoms with Crippen LogP contribution >= 0.6 is 11.6 Å². The summed E-state index contributed by atoms with van der Waals surface area (Å²) >= 11 is 6.07. The van der Waals surface area contributed by atoms with Crippen LogP contribution in [-0.2, 0) is 10.8 Å². The van der Waals surface area contributed by atoms with Gasteiger partial charge in [-0.05, 0) is 0 Å². The van der Waals surface area contributed by atoms with Crippen molar-refractivity contribution >= 4 is 17.5 Å². The number of nitrogens with two attached hydrogens (primary N) is 1. The van der Waals surface area contributed by atoms with Crippen molar-refractivity contribution in [1.29, 1.82) is 0 Å². The Bertz CT molecular complexity index is 1470. The molecule has 4 unspecified atom stereocenters. The predicted molar refractivity (Wildman–Crippen MR) is 92.3 cm³/mol. The molecule has 2 aromatic rings. The van der Waals surface area contributed by atoms with Crippen LogP contribution in [0.3, 0.4) is 0 Å². The van der Waals surface area contributed by atoms with Gasteiger partial charge in [0, 0.05) is 0 Å². The van der Waals surface area contributed by atoms with Crippen molar-refractivity contribution in [3.05, 3.63) is 41.0 Å². The molecule has 0 saturated carbocycles. The van der Waals surface area contributed by atoms with Crippen molar-refractivity contribution in [3.8, 4) is 11.3 Å². The van der Waals surface area contributed by atoms with Gasteiger partial charge in [0.05, 0.1) is 0 Å². The van der Waals surface area contributed by atoms with Crippen LogP contribution in [-0.4, -0.2) is 9.97 Å². The van der Waals surface area contributed by atoms with E-state index in [0.717, 1.165) is 16.3 Å². The van der Waals surface area contributed by atoms with Crippen LogP contribution in [0.2, 0.25) is 48.4 Å². The molecule has 1 spiro atoms. The predicted octanol–water partition coefficient (Wildman–Crippen LogP) is 5.18. The van der Waals surface area contributed by atoms with E-state index in [1.165, 1.54) is 49.0 Å². The molecule has 25 heavy (non-hydrogen) atoms. The number of aromatic nitrogens is 2. The van der Waals surface area contributed by atoms with Crippen LogP contribution in [0.5, 0.6) is 0 Å². The fourth-order valence-electron chi connectivity index (χ4n) is 18.3. The summed E-state index contributed by atoms with van der Waals surface area (Å²) < 4.78 is 0.636. The standard InChI is InChI=1S/C15H11ClN3.C5H5.Fe/c16-12-7-5-11(6-8-12)14-9-13(18-15(17)19-14)10-3-1-2-4-10;1-2-4-5-3-1;/h1-9H,(H2,17,18,19);1-5H;. The number of halogens is 1. The van der Waals surface area contributed by atoms with E-state index in [4.69, 9.17) is 22.3 Å². The average Bonchev–Trinajstić information content (AvgIpc) is 3.54. The molecule has 4 atom stereocenters. The molecular weight excluding hydrogens is 374 g/mol. The fourth-order valence-corrected chi connectivity index (χ4v) is 92.4. The number of fused-ring (bicyclic) bond motifs is 10. The molecule has 0 radical (unpaired) electrons. The van der Waals surface area contributed by atoms with E-state index in [9.17, 15) is 0 Å². The Labute approximate surface area is 139 Å². The quantitative estimate of drug-likeness (QED) is 0.720. The molecule has 10 saturated heterocycles. The van der Waals surface area contributed by atoms with Crippen molar-refractivity contribution in [1.82, 2.24) is 9.97 Å². The zero-order valence-corrected chi connectivity index (χ0v) is 15.1. The summed E-state index contributed by atoms with van der Waals surface area (Å²) in [6.45, 7) is -3.19. The molecule has 1 aromatic heterocycles. The number of nitrogen functional groups attached to an aromatic ring is 1. The SMILES string of the molecule is Nc1nc(-c2ccc(Cl)cc2)cc([C]23[CH]4[CH]5[CH]6[CH]2[Fe]56432789[CH]3[CH]2[CH]7[CH]8[CH]39)n1. The second-order valence-electron chi connectivity index (χ2n) is 12.7. The van der Waals surface area contributed by atoms with Gasteiger partial charge in [-0.15, -0.1) is 0 Å². The Balaban J connectivity index is 1.23. The second-order valence-corrected chi connectivity index (χ2v) is 36.7. The van der Waals surface area contributed by atoms with Gasteiger partial charge < -0.3 is 0 Å². The maximum atomic E-state index is 6.24. The average molecular weight is 390 g/mol. The Morgan fingerprint density at radius 1 is 0.880 bits per heavy atom. The Hall–Kier alpha value is -1.09. The monoisotopic (exact) mass is 389 g/mol. The molecule has 0 aliphatic carbocycles. The van der Waals surface area contributed by atoms with E-state index >= 15 is 0 Å². The van der Waals surface area contributed by atoms with E-state index in [2.05, 4.69) is 23.2 Å². The third-order valence-corrected chi connectivity index (χ3v) is 59.5. The van der Waals surface area contributed by atoms with Crippen molar-refractivity contribution in [2.45, 2.75) is 47.7 Å². The van der Waals surface area contributed by atoms with E-state index in [1.807, 2.05) is 12.1 Å². The first kappa shape index (κ1) is 10.3. The topological polar surface area (TPSA) is 51.8 Å². The summed E-state index contributed by atoms with van der Waals surface area (Å²) in [6.07, 6.45) is 0. The maximum absolute atomic E-state index is 6.24. The minimum atomic E-state index is -3.19. The number of benzene rings is 1. The van der Waals surface area contributed by atoms with Crippen LogP contribution in [0.4, 0.5) is 5.95 Å². The molecule has 5 heteroatoms. The number of hydrogen-bond acceptors (Lipinski definition) is 3. The van der Waals surface area contributed by atoms with Gasteiger partial charge in [-0.1, -0.05) is 0 Å². The molecule has 126 valence electrons. The Morgan fingerprint density at radius 2 is 1.48 bits per heavy atom. The van der Waals surface area contributed by atoms with Crippen LogP contribution in [0.15, 0.2) is 30.3 Å². The summed E-state index contributed by atoms with van der Waals surface area (Å²) in [6, 6.07) is 10.4. The first-order valence-electron chi connectivity index (χ1n) is 9.53. The summed E-state index contributed by atoms with van der Waals surface area (Å²) in [7, 11) is 0. The Kier molecular flexibility index (Phi) is 0.463. The van der Waals surface area contributed by atoms with E-state index in [0.29, 0.717) is 10.3 Å². The summed E-state index contributed by atoms with van der Waals surface area (Å²) in [5.74, 6) is 0.485. The molecule has 0 amide bonds. The van der Waals surface area contributed by atoms with Gasteiger partial charge in [-0.2, -0.15) is 0 Å². The van der Waals surface area contributed by atoms with Gasteiger partial charge >= 0.3 is 140 Å². The number of nitrogens with zero attached hydrogens (tertiary/aromatic N) is 2. The number of rotatable bonds is 2. The Morgan fingerprint density at radius 3 is 1.96 bits per heavy atom. The van der Waals surface area contributed by atoms with Crippen molar-refractivity contribution in [2.24, 2.45) is 0 Å². The summed E-state index contributed by atoms with van der Waals surface area (Å²) in [5, 5.41) is 0.766. The molecule has 10 aliphatic rings. The van der Waals surface area contributed by atoms with Crippen LogP contribution in [0.25, 0.3) is 11.3 Å². The van der Waals surface area contributed by atoms with E-state index in [1.54, 1.807) is 0 Å². The number of hydrogen-bond donors (Lipinski definition) is 1. The molecule has 1 aromatic carbocycles. The van der Waals surface area contributed by atoms with Gasteiger partial charge in [0.1, 0.15) is 0 Å². The summed E-state index contributed by atoms with van der Waals surface area (Å²) in [5.41, 5.74) is 9.78. The zero-order valence-electron chi connectivity index (χ0n) is 13.3. The minimum absolute atomic E-state index is 0.485. The van der Waals surface area contributed by atoms with Crippen molar-refractivity contribution < 1.29 is 6.51 Å². The molecule has 3 nitrogen and oxygen atoms in total. The van der Waals surface area contributed by atoms with Gasteiger partial charge in [0.2, 0.25) is 0 Å². The number of anilines is 1. The molecule has 10 aliphatic heterocycles. The second kappa shape index (κ2) is 1.12. The summed E-state index contributed by atoms with van der Waals surface area (Å²) in [4.78, 5) is 21.1. The van der Waals surface area contributed by atoms with Gasteiger partial charge in [0.15, 0.2) is 0 Å². The molecule has 0 bridgehead atoms. The van der Waals surface area contributed by atoms with E-state index in [-0.39, 0.29) is 0 Å². The third kappa shape index (κ3) is 0.168. The van der Waals surface area contributed by atoms with Gasteiger partial charge in [-0.25, -0.2) is 0 Å². The van der Waals surface area contributed by atoms with Crippen molar-refractivity contribution in [2.75, 3.05) is 5.73 Å². The third-order valence-electron chi connectivity index (χ3n) is 17.0. The molecule has 10 fully saturated rings. The van der Waals surface area contributed by atoms with Gasteiger partial charge in [0.25, 0.3) is 0 Å². The first-order valence-corrected chi connectivity index (χ1v) is 16.2. The fraction of sp³-hybridized carbons (Fsp3) is 0.500. The zero-order chi connectivity index (χ0) is 15.8. The first-order chi connectivity index (χ1) is 11.9. The van der Waals surface area contributed by atoms with E-state index < -0.39 is 6.51 Å². The van der Waals surface area contributed by atoms with Crippen LogP contribution in [0, 0.1) is 0 Å². The normalized spacial score (nSPS) is 84.6. The molecule has 11 heterocycles. The van der Waals surface area contributed by atoms with Crippen LogP contribution in [0.1, 0.15) is 5.69 Å². The molecule has 12 rings (SSSR count).